The molecule has 126 valence electrons. The van der Waals surface area contributed by atoms with Crippen molar-refractivity contribution in [2.75, 3.05) is 11.4 Å². The van der Waals surface area contributed by atoms with E-state index in [1.807, 2.05) is 55.5 Å². The first-order chi connectivity index (χ1) is 12.2. The summed E-state index contributed by atoms with van der Waals surface area (Å²) in [6.07, 6.45) is 0.556. The number of thioether (sulfide) groups is 1. The predicted octanol–water partition coefficient (Wildman–Crippen LogP) is 4.64. The SMILES string of the molecule is CCN1C(=C2C(=O)ON=C2Cc2ccccc2)Sc2ccc(Cl)cc21. The Balaban J connectivity index is 1.75. The Labute approximate surface area is 155 Å². The van der Waals surface area contributed by atoms with E-state index in [0.29, 0.717) is 22.7 Å². The molecule has 0 N–H and O–H groups in total. The second kappa shape index (κ2) is 6.58. The average molecular weight is 371 g/mol. The molecule has 0 aliphatic carbocycles. The van der Waals surface area contributed by atoms with Gasteiger partial charge in [-0.1, -0.05) is 58.9 Å². The number of fused-ring (bicyclic) bond motifs is 1. The van der Waals surface area contributed by atoms with Crippen molar-refractivity contribution in [1.82, 2.24) is 0 Å². The van der Waals surface area contributed by atoms with Crippen LogP contribution in [0.5, 0.6) is 0 Å². The van der Waals surface area contributed by atoms with E-state index in [-0.39, 0.29) is 0 Å². The Kier molecular flexibility index (Phi) is 4.27. The van der Waals surface area contributed by atoms with E-state index in [9.17, 15) is 4.79 Å². The highest BCUT2D eigenvalue weighted by Gasteiger charge is 2.36. The topological polar surface area (TPSA) is 41.9 Å². The Morgan fingerprint density at radius 3 is 2.76 bits per heavy atom. The number of carbonyl (C=O) groups is 1. The van der Waals surface area contributed by atoms with Crippen LogP contribution in [0.4, 0.5) is 5.69 Å². The van der Waals surface area contributed by atoms with E-state index >= 15 is 0 Å². The van der Waals surface area contributed by atoms with E-state index in [2.05, 4.69) is 10.1 Å². The normalized spacial score (nSPS) is 19.0. The highest BCUT2D eigenvalue weighted by molar-refractivity contribution is 8.03. The zero-order chi connectivity index (χ0) is 17.4. The molecule has 25 heavy (non-hydrogen) atoms. The van der Waals surface area contributed by atoms with Crippen LogP contribution in [0.3, 0.4) is 0 Å². The molecule has 2 heterocycles. The fourth-order valence-electron chi connectivity index (χ4n) is 2.98. The van der Waals surface area contributed by atoms with Gasteiger partial charge in [0.1, 0.15) is 11.3 Å². The van der Waals surface area contributed by atoms with Crippen LogP contribution in [0.1, 0.15) is 12.5 Å². The third-order valence-electron chi connectivity index (χ3n) is 4.14. The zero-order valence-electron chi connectivity index (χ0n) is 13.5. The monoisotopic (exact) mass is 370 g/mol. The summed E-state index contributed by atoms with van der Waals surface area (Å²) in [6.45, 7) is 2.77. The Morgan fingerprint density at radius 2 is 2.00 bits per heavy atom. The lowest BCUT2D eigenvalue weighted by Crippen LogP contribution is -2.22. The van der Waals surface area contributed by atoms with Crippen LogP contribution in [-0.4, -0.2) is 18.2 Å². The van der Waals surface area contributed by atoms with Crippen LogP contribution in [0.2, 0.25) is 5.02 Å². The minimum absolute atomic E-state index is 0.397. The molecule has 2 aliphatic heterocycles. The number of oxime groups is 1. The third kappa shape index (κ3) is 2.94. The molecule has 4 rings (SSSR count). The van der Waals surface area contributed by atoms with Crippen molar-refractivity contribution >= 4 is 40.7 Å². The van der Waals surface area contributed by atoms with E-state index in [4.69, 9.17) is 16.4 Å². The molecule has 2 aliphatic rings. The van der Waals surface area contributed by atoms with Crippen LogP contribution in [0, 0.1) is 0 Å². The molecule has 4 nitrogen and oxygen atoms in total. The lowest BCUT2D eigenvalue weighted by molar-refractivity contribution is -0.136. The highest BCUT2D eigenvalue weighted by atomic mass is 35.5. The summed E-state index contributed by atoms with van der Waals surface area (Å²) in [5.74, 6) is -0.397. The van der Waals surface area contributed by atoms with E-state index in [1.54, 1.807) is 11.8 Å². The van der Waals surface area contributed by atoms with Gasteiger partial charge in [0.05, 0.1) is 10.7 Å². The first-order valence-corrected chi connectivity index (χ1v) is 9.18. The molecule has 0 atom stereocenters. The van der Waals surface area contributed by atoms with Crippen LogP contribution < -0.4 is 4.90 Å². The second-order valence-corrected chi connectivity index (χ2v) is 7.18. The van der Waals surface area contributed by atoms with Gasteiger partial charge in [-0.25, -0.2) is 4.79 Å². The van der Waals surface area contributed by atoms with Crippen LogP contribution in [0.25, 0.3) is 0 Å². The molecule has 0 unspecified atom stereocenters. The maximum absolute atomic E-state index is 12.4. The number of anilines is 1. The summed E-state index contributed by atoms with van der Waals surface area (Å²) in [6, 6.07) is 15.7. The van der Waals surface area contributed by atoms with Gasteiger partial charge in [-0.3, -0.25) is 0 Å². The number of halogens is 1. The Hall–Kier alpha value is -2.24. The minimum Gasteiger partial charge on any atom is -0.334 e. The summed E-state index contributed by atoms with van der Waals surface area (Å²) in [4.78, 5) is 20.6. The molecule has 6 heteroatoms. The fourth-order valence-corrected chi connectivity index (χ4v) is 4.41. The maximum Gasteiger partial charge on any atom is 0.370 e. The predicted molar refractivity (Wildman–Crippen MR) is 101 cm³/mol. The summed E-state index contributed by atoms with van der Waals surface area (Å²) in [7, 11) is 0. The van der Waals surface area contributed by atoms with Gasteiger partial charge in [0.2, 0.25) is 0 Å². The maximum atomic E-state index is 12.4. The molecule has 0 saturated heterocycles. The number of hydrogen-bond acceptors (Lipinski definition) is 5. The molecule has 0 fully saturated rings. The Morgan fingerprint density at radius 1 is 1.20 bits per heavy atom. The first kappa shape index (κ1) is 16.2. The van der Waals surface area contributed by atoms with Gasteiger partial charge in [-0.15, -0.1) is 0 Å². The molecule has 0 aromatic heterocycles. The highest BCUT2D eigenvalue weighted by Crippen LogP contribution is 2.48. The molecule has 2 aromatic rings. The zero-order valence-corrected chi connectivity index (χ0v) is 15.1. The van der Waals surface area contributed by atoms with E-state index in [0.717, 1.165) is 27.7 Å². The second-order valence-electron chi connectivity index (χ2n) is 5.72. The van der Waals surface area contributed by atoms with Crippen molar-refractivity contribution in [3.05, 3.63) is 69.7 Å². The van der Waals surface area contributed by atoms with Gasteiger partial charge in [-0.2, -0.15) is 0 Å². The summed E-state index contributed by atoms with van der Waals surface area (Å²) in [5, 5.41) is 5.57. The van der Waals surface area contributed by atoms with Crippen molar-refractivity contribution in [1.29, 1.82) is 0 Å². The van der Waals surface area contributed by atoms with Gasteiger partial charge in [-0.05, 0) is 30.7 Å². The average Bonchev–Trinajstić information content (AvgIpc) is 3.15. The van der Waals surface area contributed by atoms with Crippen molar-refractivity contribution in [3.63, 3.8) is 0 Å². The number of hydrogen-bond donors (Lipinski definition) is 0. The lowest BCUT2D eigenvalue weighted by atomic mass is 10.0. The van der Waals surface area contributed by atoms with Crippen molar-refractivity contribution < 1.29 is 9.63 Å². The van der Waals surface area contributed by atoms with E-state index in [1.165, 1.54) is 0 Å². The molecular formula is C19H15ClN2O2S. The van der Waals surface area contributed by atoms with Gasteiger partial charge >= 0.3 is 5.97 Å². The molecular weight excluding hydrogens is 356 g/mol. The summed E-state index contributed by atoms with van der Waals surface area (Å²) in [5.41, 5.74) is 3.31. The van der Waals surface area contributed by atoms with Crippen LogP contribution >= 0.6 is 23.4 Å². The largest absolute Gasteiger partial charge is 0.370 e. The number of rotatable bonds is 3. The standard InChI is InChI=1S/C19H15ClN2O2S/c1-2-22-15-11-13(20)8-9-16(15)25-18(22)17-14(21-24-19(17)23)10-12-6-4-3-5-7-12/h3-9,11H,2,10H2,1H3. The van der Waals surface area contributed by atoms with Gasteiger partial charge in [0.25, 0.3) is 0 Å². The number of nitrogens with zero attached hydrogens (tertiary/aromatic N) is 2. The number of benzene rings is 2. The number of carbonyl (C=O) groups excluding carboxylic acids is 1. The van der Waals surface area contributed by atoms with Crippen molar-refractivity contribution in [2.24, 2.45) is 5.16 Å². The van der Waals surface area contributed by atoms with Gasteiger partial charge < -0.3 is 9.74 Å². The summed E-state index contributed by atoms with van der Waals surface area (Å²) < 4.78 is 0. The minimum atomic E-state index is -0.397. The lowest BCUT2D eigenvalue weighted by Gasteiger charge is -2.19. The van der Waals surface area contributed by atoms with Crippen molar-refractivity contribution in [3.8, 4) is 0 Å². The smallest absolute Gasteiger partial charge is 0.334 e. The van der Waals surface area contributed by atoms with Gasteiger partial charge in [0, 0.05) is 22.9 Å². The van der Waals surface area contributed by atoms with Crippen LogP contribution in [-0.2, 0) is 16.1 Å². The molecule has 2 aromatic carbocycles. The summed E-state index contributed by atoms with van der Waals surface area (Å²) >= 11 is 7.71. The molecule has 0 radical (unpaired) electrons. The fraction of sp³-hybridized carbons (Fsp3) is 0.158. The quantitative estimate of drug-likeness (QED) is 0.583. The Bertz CT molecular complexity index is 909. The molecule has 0 spiro atoms. The first-order valence-electron chi connectivity index (χ1n) is 7.99. The van der Waals surface area contributed by atoms with Crippen molar-refractivity contribution in [2.45, 2.75) is 18.2 Å². The molecule has 0 saturated carbocycles. The molecule has 0 bridgehead atoms. The molecule has 0 amide bonds. The van der Waals surface area contributed by atoms with Crippen LogP contribution in [0.15, 0.2) is 69.2 Å². The van der Waals surface area contributed by atoms with E-state index < -0.39 is 5.97 Å². The third-order valence-corrected chi connectivity index (χ3v) is 5.56. The van der Waals surface area contributed by atoms with Gasteiger partial charge in [0.15, 0.2) is 0 Å².